The molecule has 1 atom stereocenters. The Morgan fingerprint density at radius 1 is 1.41 bits per heavy atom. The van der Waals surface area contributed by atoms with Crippen LogP contribution in [0.4, 0.5) is 0 Å². The Kier molecular flexibility index (Phi) is 7.69. The van der Waals surface area contributed by atoms with E-state index in [1.807, 2.05) is 11.8 Å². The van der Waals surface area contributed by atoms with E-state index in [4.69, 9.17) is 0 Å². The van der Waals surface area contributed by atoms with Crippen LogP contribution in [0, 0.1) is 0 Å². The first kappa shape index (κ1) is 14.8. The number of amides is 1. The van der Waals surface area contributed by atoms with Gasteiger partial charge in [-0.1, -0.05) is 19.8 Å². The van der Waals surface area contributed by atoms with Crippen molar-refractivity contribution < 1.29 is 4.79 Å². The number of hydrogen-bond donors (Lipinski definition) is 2. The first-order valence-corrected chi connectivity index (χ1v) is 7.98. The minimum Gasteiger partial charge on any atom is -0.353 e. The Balaban J connectivity index is 2.02. The fourth-order valence-corrected chi connectivity index (χ4v) is 2.98. The van der Waals surface area contributed by atoms with E-state index < -0.39 is 0 Å². The fourth-order valence-electron chi connectivity index (χ4n) is 2.17. The SMILES string of the molecule is CCSCCC(C)NC(=O)CNC1CCCC1. The molecular weight excluding hydrogens is 232 g/mol. The van der Waals surface area contributed by atoms with Crippen molar-refractivity contribution in [3.05, 3.63) is 0 Å². The summed E-state index contributed by atoms with van der Waals surface area (Å²) >= 11 is 1.93. The number of hydrogen-bond acceptors (Lipinski definition) is 3. The van der Waals surface area contributed by atoms with Crippen LogP contribution in [0.3, 0.4) is 0 Å². The van der Waals surface area contributed by atoms with E-state index in [1.165, 1.54) is 25.7 Å². The van der Waals surface area contributed by atoms with Crippen molar-refractivity contribution in [1.29, 1.82) is 0 Å². The molecule has 0 saturated heterocycles. The van der Waals surface area contributed by atoms with Gasteiger partial charge in [-0.05, 0) is 37.7 Å². The van der Waals surface area contributed by atoms with Crippen molar-refractivity contribution in [1.82, 2.24) is 10.6 Å². The molecular formula is C13H26N2OS. The van der Waals surface area contributed by atoms with Crippen LogP contribution < -0.4 is 10.6 Å². The van der Waals surface area contributed by atoms with E-state index in [1.54, 1.807) is 0 Å². The van der Waals surface area contributed by atoms with Gasteiger partial charge in [0.25, 0.3) is 0 Å². The molecule has 0 aromatic carbocycles. The van der Waals surface area contributed by atoms with Gasteiger partial charge in [-0.2, -0.15) is 11.8 Å². The standard InChI is InChI=1S/C13H26N2OS/c1-3-17-9-8-11(2)15-13(16)10-14-12-6-4-5-7-12/h11-12,14H,3-10H2,1-2H3,(H,15,16). The highest BCUT2D eigenvalue weighted by atomic mass is 32.2. The maximum absolute atomic E-state index is 11.7. The van der Waals surface area contributed by atoms with Crippen LogP contribution in [0.1, 0.15) is 46.0 Å². The van der Waals surface area contributed by atoms with Crippen LogP contribution in [0.2, 0.25) is 0 Å². The summed E-state index contributed by atoms with van der Waals surface area (Å²) in [5.74, 6) is 2.43. The molecule has 1 aliphatic rings. The smallest absolute Gasteiger partial charge is 0.234 e. The highest BCUT2D eigenvalue weighted by molar-refractivity contribution is 7.99. The number of rotatable bonds is 8. The molecule has 1 unspecified atom stereocenters. The molecule has 3 nitrogen and oxygen atoms in total. The number of nitrogens with one attached hydrogen (secondary N) is 2. The predicted molar refractivity (Wildman–Crippen MR) is 75.5 cm³/mol. The summed E-state index contributed by atoms with van der Waals surface area (Å²) in [7, 11) is 0. The largest absolute Gasteiger partial charge is 0.353 e. The molecule has 0 aromatic rings. The van der Waals surface area contributed by atoms with Gasteiger partial charge in [0.05, 0.1) is 6.54 Å². The molecule has 1 amide bonds. The van der Waals surface area contributed by atoms with Gasteiger partial charge in [0.15, 0.2) is 0 Å². The van der Waals surface area contributed by atoms with Gasteiger partial charge in [-0.25, -0.2) is 0 Å². The van der Waals surface area contributed by atoms with E-state index in [2.05, 4.69) is 24.5 Å². The summed E-state index contributed by atoms with van der Waals surface area (Å²) in [6, 6.07) is 0.874. The van der Waals surface area contributed by atoms with Gasteiger partial charge in [-0.15, -0.1) is 0 Å². The molecule has 17 heavy (non-hydrogen) atoms. The molecule has 2 N–H and O–H groups in total. The lowest BCUT2D eigenvalue weighted by molar-refractivity contribution is -0.120. The van der Waals surface area contributed by atoms with Crippen molar-refractivity contribution in [3.8, 4) is 0 Å². The molecule has 0 heterocycles. The van der Waals surface area contributed by atoms with Crippen molar-refractivity contribution >= 4 is 17.7 Å². The number of thioether (sulfide) groups is 1. The molecule has 0 radical (unpaired) electrons. The lowest BCUT2D eigenvalue weighted by Gasteiger charge is -2.15. The monoisotopic (exact) mass is 258 g/mol. The molecule has 1 fully saturated rings. The molecule has 0 spiro atoms. The van der Waals surface area contributed by atoms with E-state index in [-0.39, 0.29) is 5.91 Å². The van der Waals surface area contributed by atoms with Crippen molar-refractivity contribution in [2.45, 2.75) is 58.0 Å². The van der Waals surface area contributed by atoms with E-state index in [0.717, 1.165) is 17.9 Å². The Morgan fingerprint density at radius 2 is 2.12 bits per heavy atom. The highest BCUT2D eigenvalue weighted by Gasteiger charge is 2.15. The third kappa shape index (κ3) is 6.94. The van der Waals surface area contributed by atoms with Crippen LogP contribution in [0.25, 0.3) is 0 Å². The lowest BCUT2D eigenvalue weighted by Crippen LogP contribution is -2.41. The molecule has 0 bridgehead atoms. The minimum absolute atomic E-state index is 0.144. The number of carbonyl (C=O) groups is 1. The first-order chi connectivity index (χ1) is 8.22. The van der Waals surface area contributed by atoms with Crippen LogP contribution in [0.15, 0.2) is 0 Å². The third-order valence-corrected chi connectivity index (χ3v) is 4.15. The minimum atomic E-state index is 0.144. The summed E-state index contributed by atoms with van der Waals surface area (Å²) in [6.45, 7) is 4.74. The van der Waals surface area contributed by atoms with Gasteiger partial charge in [0.1, 0.15) is 0 Å². The fraction of sp³-hybridized carbons (Fsp3) is 0.923. The van der Waals surface area contributed by atoms with Gasteiger partial charge in [-0.3, -0.25) is 4.79 Å². The highest BCUT2D eigenvalue weighted by Crippen LogP contribution is 2.17. The lowest BCUT2D eigenvalue weighted by atomic mass is 10.2. The van der Waals surface area contributed by atoms with Crippen LogP contribution in [0.5, 0.6) is 0 Å². The predicted octanol–water partition coefficient (Wildman–Crippen LogP) is 2.17. The average Bonchev–Trinajstić information content (AvgIpc) is 2.79. The van der Waals surface area contributed by atoms with Crippen molar-refractivity contribution in [3.63, 3.8) is 0 Å². The quantitative estimate of drug-likeness (QED) is 0.656. The Bertz CT molecular complexity index is 217. The van der Waals surface area contributed by atoms with Crippen LogP contribution >= 0.6 is 11.8 Å². The van der Waals surface area contributed by atoms with Crippen molar-refractivity contribution in [2.75, 3.05) is 18.1 Å². The van der Waals surface area contributed by atoms with Crippen LogP contribution in [-0.2, 0) is 4.79 Å². The van der Waals surface area contributed by atoms with Gasteiger partial charge >= 0.3 is 0 Å². The summed E-state index contributed by atoms with van der Waals surface area (Å²) in [4.78, 5) is 11.7. The number of carbonyl (C=O) groups excluding carboxylic acids is 1. The zero-order valence-electron chi connectivity index (χ0n) is 11.1. The average molecular weight is 258 g/mol. The van der Waals surface area contributed by atoms with E-state index in [0.29, 0.717) is 18.6 Å². The third-order valence-electron chi connectivity index (χ3n) is 3.21. The summed E-state index contributed by atoms with van der Waals surface area (Å²) in [5, 5.41) is 6.38. The molecule has 1 aliphatic carbocycles. The molecule has 100 valence electrons. The van der Waals surface area contributed by atoms with Crippen molar-refractivity contribution in [2.24, 2.45) is 0 Å². The molecule has 4 heteroatoms. The summed E-state index contributed by atoms with van der Waals surface area (Å²) in [6.07, 6.45) is 6.15. The molecule has 0 aliphatic heterocycles. The van der Waals surface area contributed by atoms with Gasteiger partial charge in [0, 0.05) is 12.1 Å². The van der Waals surface area contributed by atoms with Gasteiger partial charge < -0.3 is 10.6 Å². The molecule has 1 saturated carbocycles. The normalized spacial score (nSPS) is 18.2. The second-order valence-electron chi connectivity index (χ2n) is 4.82. The summed E-state index contributed by atoms with van der Waals surface area (Å²) in [5.41, 5.74) is 0. The second-order valence-corrected chi connectivity index (χ2v) is 6.21. The van der Waals surface area contributed by atoms with E-state index >= 15 is 0 Å². The Morgan fingerprint density at radius 3 is 2.76 bits per heavy atom. The molecule has 1 rings (SSSR count). The topological polar surface area (TPSA) is 41.1 Å². The Hall–Kier alpha value is -0.220. The van der Waals surface area contributed by atoms with Gasteiger partial charge in [0.2, 0.25) is 5.91 Å². The maximum Gasteiger partial charge on any atom is 0.234 e. The summed E-state index contributed by atoms with van der Waals surface area (Å²) < 4.78 is 0. The van der Waals surface area contributed by atoms with E-state index in [9.17, 15) is 4.79 Å². The first-order valence-electron chi connectivity index (χ1n) is 6.83. The second kappa shape index (κ2) is 8.81. The Labute approximate surface area is 109 Å². The maximum atomic E-state index is 11.7. The molecule has 0 aromatic heterocycles. The zero-order valence-corrected chi connectivity index (χ0v) is 11.9. The zero-order chi connectivity index (χ0) is 12.5. The van der Waals surface area contributed by atoms with Crippen LogP contribution in [-0.4, -0.2) is 36.0 Å².